The van der Waals surface area contributed by atoms with Crippen molar-refractivity contribution in [2.45, 2.75) is 33.1 Å². The van der Waals surface area contributed by atoms with Gasteiger partial charge in [0.2, 0.25) is 0 Å². The molecule has 9 heteroatoms. The van der Waals surface area contributed by atoms with E-state index in [0.717, 1.165) is 0 Å². The van der Waals surface area contributed by atoms with E-state index in [4.69, 9.17) is 9.47 Å². The summed E-state index contributed by atoms with van der Waals surface area (Å²) < 4.78 is 42.7. The molecule has 0 N–H and O–H groups in total. The Kier molecular flexibility index (Phi) is 6.53. The van der Waals surface area contributed by atoms with E-state index in [0.29, 0.717) is 21.9 Å². The van der Waals surface area contributed by atoms with E-state index < -0.39 is 29.7 Å². The molecule has 0 spiro atoms. The van der Waals surface area contributed by atoms with Crippen LogP contribution in [0.4, 0.5) is 8.78 Å². The Morgan fingerprint density at radius 2 is 1.78 bits per heavy atom. The van der Waals surface area contributed by atoms with Gasteiger partial charge < -0.3 is 18.9 Å². The topological polar surface area (TPSA) is 73.7 Å². The van der Waals surface area contributed by atoms with Crippen molar-refractivity contribution in [3.05, 3.63) is 52.7 Å². The molecule has 2 aromatic heterocycles. The van der Waals surface area contributed by atoms with Crippen LogP contribution in [0.15, 0.2) is 41.6 Å². The molecule has 36 heavy (non-hydrogen) atoms. The minimum Gasteiger partial charge on any atom is -0.496 e. The summed E-state index contributed by atoms with van der Waals surface area (Å²) in [5.41, 5.74) is 0.673. The largest absolute Gasteiger partial charge is 0.496 e. The summed E-state index contributed by atoms with van der Waals surface area (Å²) in [6.07, 6.45) is 5.00. The van der Waals surface area contributed by atoms with Gasteiger partial charge in [0.15, 0.2) is 0 Å². The van der Waals surface area contributed by atoms with Crippen LogP contribution in [-0.2, 0) is 7.05 Å². The maximum Gasteiger partial charge on any atom is 0.268 e. The molecule has 4 rings (SSSR count). The van der Waals surface area contributed by atoms with Gasteiger partial charge in [0.1, 0.15) is 17.1 Å². The van der Waals surface area contributed by atoms with E-state index in [1.807, 2.05) is 0 Å². The summed E-state index contributed by atoms with van der Waals surface area (Å²) in [4.78, 5) is 31.4. The zero-order valence-corrected chi connectivity index (χ0v) is 21.4. The fourth-order valence-electron chi connectivity index (χ4n) is 5.16. The maximum atomic E-state index is 15.1. The number of carbonyl (C=O) groups excluding carboxylic acids is 1. The molecule has 1 fully saturated rings. The number of aromatic nitrogens is 2. The zero-order valence-electron chi connectivity index (χ0n) is 21.4. The van der Waals surface area contributed by atoms with Gasteiger partial charge in [0, 0.05) is 43.7 Å². The molecule has 0 radical (unpaired) electrons. The number of nitrogens with zero attached hydrogens (tertiary/aromatic N) is 3. The number of fused-ring (bicyclic) bond motifs is 1. The summed E-state index contributed by atoms with van der Waals surface area (Å²) >= 11 is 0. The predicted octanol–water partition coefficient (Wildman–Crippen LogP) is 4.76. The van der Waals surface area contributed by atoms with Crippen LogP contribution >= 0.6 is 0 Å². The number of aryl methyl sites for hydroxylation is 1. The number of benzene rings is 1. The molecule has 1 aliphatic heterocycles. The number of carbonyl (C=O) groups is 1. The highest BCUT2D eigenvalue weighted by Crippen LogP contribution is 2.45. The molecular weight excluding hydrogens is 468 g/mol. The highest BCUT2D eigenvalue weighted by molar-refractivity contribution is 6.02. The number of halogens is 2. The van der Waals surface area contributed by atoms with Crippen LogP contribution in [0.3, 0.4) is 0 Å². The first-order chi connectivity index (χ1) is 16.9. The monoisotopic (exact) mass is 499 g/mol. The number of piperidine rings is 1. The van der Waals surface area contributed by atoms with Crippen molar-refractivity contribution in [1.29, 1.82) is 0 Å². The highest BCUT2D eigenvalue weighted by Gasteiger charge is 2.51. The van der Waals surface area contributed by atoms with Gasteiger partial charge in [-0.3, -0.25) is 14.6 Å². The third-order valence-electron chi connectivity index (χ3n) is 6.95. The molecule has 1 unspecified atom stereocenters. The van der Waals surface area contributed by atoms with Crippen molar-refractivity contribution in [1.82, 2.24) is 14.5 Å². The number of methoxy groups -OCH3 is 2. The average Bonchev–Trinajstić information content (AvgIpc) is 2.83. The Labute approximate surface area is 208 Å². The summed E-state index contributed by atoms with van der Waals surface area (Å²) in [6.45, 7) is 4.94. The molecule has 3 aromatic rings. The van der Waals surface area contributed by atoms with Gasteiger partial charge in [0.25, 0.3) is 17.4 Å². The lowest BCUT2D eigenvalue weighted by molar-refractivity contribution is -0.136. The van der Waals surface area contributed by atoms with Crippen molar-refractivity contribution in [3.63, 3.8) is 0 Å². The minimum atomic E-state index is -3.02. The second kappa shape index (κ2) is 9.19. The standard InChI is InChI=1S/C27H31F2N3O4/c1-26(2,3)22-8-10-32(15-27(22,28)29)25(34)23-20(35-5)11-16(12-21(23)36-6)19-14-31(4)24(33)18-13-30-9-7-17(18)19/h7,9,11-14,22H,8,10,15H2,1-6H3. The van der Waals surface area contributed by atoms with Gasteiger partial charge in [0.05, 0.1) is 26.2 Å². The van der Waals surface area contributed by atoms with E-state index in [1.54, 1.807) is 58.4 Å². The van der Waals surface area contributed by atoms with Gasteiger partial charge in [-0.25, -0.2) is 8.78 Å². The van der Waals surface area contributed by atoms with Crippen LogP contribution in [0.1, 0.15) is 37.6 Å². The molecule has 1 saturated heterocycles. The van der Waals surface area contributed by atoms with Crippen LogP contribution in [0.5, 0.6) is 11.5 Å². The van der Waals surface area contributed by atoms with Crippen molar-refractivity contribution in [2.24, 2.45) is 18.4 Å². The van der Waals surface area contributed by atoms with Crippen molar-refractivity contribution in [3.8, 4) is 22.6 Å². The quantitative estimate of drug-likeness (QED) is 0.518. The van der Waals surface area contributed by atoms with Gasteiger partial charge in [-0.15, -0.1) is 0 Å². The van der Waals surface area contributed by atoms with Crippen LogP contribution in [0.25, 0.3) is 21.9 Å². The summed E-state index contributed by atoms with van der Waals surface area (Å²) in [7, 11) is 4.48. The van der Waals surface area contributed by atoms with Crippen LogP contribution in [0.2, 0.25) is 0 Å². The van der Waals surface area contributed by atoms with E-state index in [1.165, 1.54) is 29.9 Å². The molecule has 1 amide bonds. The highest BCUT2D eigenvalue weighted by atomic mass is 19.3. The van der Waals surface area contributed by atoms with E-state index >= 15 is 8.78 Å². The lowest BCUT2D eigenvalue weighted by Gasteiger charge is -2.44. The van der Waals surface area contributed by atoms with E-state index in [2.05, 4.69) is 4.98 Å². The lowest BCUT2D eigenvalue weighted by Crippen LogP contribution is -2.54. The van der Waals surface area contributed by atoms with Gasteiger partial charge >= 0.3 is 0 Å². The number of likely N-dealkylation sites (tertiary alicyclic amines) is 1. The predicted molar refractivity (Wildman–Crippen MR) is 134 cm³/mol. The average molecular weight is 500 g/mol. The molecule has 0 saturated carbocycles. The number of pyridine rings is 2. The normalized spacial score (nSPS) is 17.8. The Hall–Kier alpha value is -3.49. The van der Waals surface area contributed by atoms with Crippen molar-refractivity contribution < 1.29 is 23.0 Å². The summed E-state index contributed by atoms with van der Waals surface area (Å²) in [5.74, 6) is -4.02. The fraction of sp³-hybridized carbons (Fsp3) is 0.444. The third kappa shape index (κ3) is 4.42. The first-order valence-electron chi connectivity index (χ1n) is 11.8. The zero-order chi connectivity index (χ0) is 26.4. The molecule has 192 valence electrons. The van der Waals surface area contributed by atoms with E-state index in [9.17, 15) is 9.59 Å². The molecular formula is C27H31F2N3O4. The van der Waals surface area contributed by atoms with Gasteiger partial charge in [-0.2, -0.15) is 0 Å². The number of hydrogen-bond donors (Lipinski definition) is 0. The molecule has 3 heterocycles. The Morgan fingerprint density at radius 1 is 1.14 bits per heavy atom. The first-order valence-corrected chi connectivity index (χ1v) is 11.8. The third-order valence-corrected chi connectivity index (χ3v) is 6.95. The number of amides is 1. The first kappa shape index (κ1) is 25.6. The minimum absolute atomic E-state index is 0.0875. The SMILES string of the molecule is COc1cc(-c2cn(C)c(=O)c3cnccc23)cc(OC)c1C(=O)N1CCC(C(C)(C)C)C(F)(F)C1. The molecule has 1 aromatic carbocycles. The Morgan fingerprint density at radius 3 is 2.33 bits per heavy atom. The lowest BCUT2D eigenvalue weighted by atomic mass is 9.73. The molecule has 1 aliphatic rings. The maximum absolute atomic E-state index is 15.1. The second-order valence-corrected chi connectivity index (χ2v) is 10.3. The number of alkyl halides is 2. The molecule has 0 bridgehead atoms. The Balaban J connectivity index is 1.79. The van der Waals surface area contributed by atoms with Crippen LogP contribution in [0, 0.1) is 11.3 Å². The van der Waals surface area contributed by atoms with Gasteiger partial charge in [-0.1, -0.05) is 20.8 Å². The van der Waals surface area contributed by atoms with Crippen LogP contribution < -0.4 is 15.0 Å². The summed E-state index contributed by atoms with van der Waals surface area (Å²) in [5, 5.41) is 1.12. The number of rotatable bonds is 4. The fourth-order valence-corrected chi connectivity index (χ4v) is 5.16. The number of hydrogen-bond acceptors (Lipinski definition) is 5. The molecule has 7 nitrogen and oxygen atoms in total. The number of ether oxygens (including phenoxy) is 2. The second-order valence-electron chi connectivity index (χ2n) is 10.3. The molecule has 1 atom stereocenters. The Bertz CT molecular complexity index is 1350. The van der Waals surface area contributed by atoms with Crippen molar-refractivity contribution >= 4 is 16.7 Å². The van der Waals surface area contributed by atoms with Crippen LogP contribution in [-0.4, -0.2) is 53.6 Å². The molecule has 0 aliphatic carbocycles. The van der Waals surface area contributed by atoms with Crippen molar-refractivity contribution in [2.75, 3.05) is 27.3 Å². The summed E-state index contributed by atoms with van der Waals surface area (Å²) in [6, 6.07) is 5.07. The van der Waals surface area contributed by atoms with E-state index in [-0.39, 0.29) is 35.6 Å². The van der Waals surface area contributed by atoms with Gasteiger partial charge in [-0.05, 0) is 41.0 Å². The smallest absolute Gasteiger partial charge is 0.268 e.